The molecule has 0 fully saturated rings. The van der Waals surface area contributed by atoms with Gasteiger partial charge >= 0.3 is 0 Å². The fourth-order valence-corrected chi connectivity index (χ4v) is 5.04. The van der Waals surface area contributed by atoms with Crippen LogP contribution in [0.2, 0.25) is 0 Å². The number of aromatic nitrogens is 6. The molecule has 34 heavy (non-hydrogen) atoms. The van der Waals surface area contributed by atoms with Crippen LogP contribution in [0, 0.1) is 0 Å². The average Bonchev–Trinajstić information content (AvgIpc) is 3.44. The van der Waals surface area contributed by atoms with E-state index in [0.717, 1.165) is 53.0 Å². The summed E-state index contributed by atoms with van der Waals surface area (Å²) in [6, 6.07) is 19.0. The molecule has 5 heterocycles. The molecule has 7 heteroatoms. The lowest BCUT2D eigenvalue weighted by molar-refractivity contribution is 0.313. The highest BCUT2D eigenvalue weighted by molar-refractivity contribution is 5.89. The normalized spacial score (nSPS) is 14.3. The third kappa shape index (κ3) is 3.16. The summed E-state index contributed by atoms with van der Waals surface area (Å²) in [5.74, 6) is 0. The van der Waals surface area contributed by atoms with Gasteiger partial charge in [-0.05, 0) is 54.6 Å². The number of fused-ring (bicyclic) bond motifs is 5. The molecular formula is C27H23N7. The van der Waals surface area contributed by atoms with Gasteiger partial charge < -0.3 is 9.88 Å². The molecule has 0 saturated carbocycles. The maximum Gasteiger partial charge on any atom is 0.179 e. The second kappa shape index (κ2) is 7.46. The fourth-order valence-electron chi connectivity index (χ4n) is 5.04. The van der Waals surface area contributed by atoms with Crippen molar-refractivity contribution in [2.75, 3.05) is 13.6 Å². The summed E-state index contributed by atoms with van der Waals surface area (Å²) in [4.78, 5) is 15.4. The molecule has 0 saturated heterocycles. The van der Waals surface area contributed by atoms with Gasteiger partial charge in [0.1, 0.15) is 5.69 Å². The van der Waals surface area contributed by atoms with Crippen molar-refractivity contribution in [3.63, 3.8) is 0 Å². The van der Waals surface area contributed by atoms with Crippen LogP contribution in [-0.4, -0.2) is 48.3 Å². The summed E-state index contributed by atoms with van der Waals surface area (Å²) in [5, 5.41) is 11.2. The maximum absolute atomic E-state index is 4.99. The number of pyridine rings is 1. The van der Waals surface area contributed by atoms with Crippen molar-refractivity contribution in [2.24, 2.45) is 0 Å². The van der Waals surface area contributed by atoms with Crippen molar-refractivity contribution in [2.45, 2.75) is 19.4 Å². The van der Waals surface area contributed by atoms with Crippen LogP contribution in [0.3, 0.4) is 0 Å². The van der Waals surface area contributed by atoms with E-state index in [9.17, 15) is 0 Å². The summed E-state index contributed by atoms with van der Waals surface area (Å²) in [6.45, 7) is 2.07. The van der Waals surface area contributed by atoms with E-state index in [0.29, 0.717) is 6.42 Å². The Labute approximate surface area is 196 Å². The molecule has 6 aromatic rings. The molecule has 1 N–H and O–H groups in total. The van der Waals surface area contributed by atoms with Crippen molar-refractivity contribution < 1.29 is 0 Å². The van der Waals surface area contributed by atoms with E-state index >= 15 is 0 Å². The van der Waals surface area contributed by atoms with Crippen LogP contribution in [0.25, 0.3) is 38.7 Å². The van der Waals surface area contributed by atoms with E-state index in [1.807, 2.05) is 24.5 Å². The van der Waals surface area contributed by atoms with Crippen LogP contribution < -0.4 is 0 Å². The first-order chi connectivity index (χ1) is 16.7. The van der Waals surface area contributed by atoms with Crippen molar-refractivity contribution in [1.82, 2.24) is 34.7 Å². The van der Waals surface area contributed by atoms with Gasteiger partial charge in [0.05, 0.1) is 11.2 Å². The summed E-state index contributed by atoms with van der Waals surface area (Å²) in [6.07, 6.45) is 5.50. The highest BCUT2D eigenvalue weighted by Gasteiger charge is 2.19. The lowest BCUT2D eigenvalue weighted by Gasteiger charge is -2.22. The smallest absolute Gasteiger partial charge is 0.179 e. The Hall–Kier alpha value is -4.10. The van der Waals surface area contributed by atoms with Gasteiger partial charge in [-0.15, -0.1) is 5.10 Å². The number of benzene rings is 2. The lowest BCUT2D eigenvalue weighted by atomic mass is 10.0. The minimum Gasteiger partial charge on any atom is -0.358 e. The molecule has 0 atom stereocenters. The van der Waals surface area contributed by atoms with Gasteiger partial charge in [0.15, 0.2) is 5.65 Å². The highest BCUT2D eigenvalue weighted by Crippen LogP contribution is 2.31. The minimum absolute atomic E-state index is 0.668. The monoisotopic (exact) mass is 445 g/mol. The zero-order valence-electron chi connectivity index (χ0n) is 18.9. The first-order valence-corrected chi connectivity index (χ1v) is 11.6. The molecule has 4 aromatic heterocycles. The largest absolute Gasteiger partial charge is 0.358 e. The lowest BCUT2D eigenvalue weighted by Crippen LogP contribution is -2.25. The Morgan fingerprint density at radius 1 is 1.06 bits per heavy atom. The van der Waals surface area contributed by atoms with E-state index in [2.05, 4.69) is 74.7 Å². The molecule has 0 aliphatic carbocycles. The molecule has 1 aliphatic rings. The number of aromatic amines is 1. The summed E-state index contributed by atoms with van der Waals surface area (Å²) in [5.41, 5.74) is 9.82. The SMILES string of the molecule is CN1CCc2[nH]c3ccc(-c4ccn5nnc(Cc6ccc7ncccc7c6)c5n4)cc3c2C1. The summed E-state index contributed by atoms with van der Waals surface area (Å²) >= 11 is 0. The Bertz CT molecular complexity index is 1690. The molecule has 7 nitrogen and oxygen atoms in total. The Morgan fingerprint density at radius 3 is 3.00 bits per heavy atom. The van der Waals surface area contributed by atoms with Gasteiger partial charge in [-0.2, -0.15) is 0 Å². The molecule has 0 radical (unpaired) electrons. The number of hydrogen-bond donors (Lipinski definition) is 1. The minimum atomic E-state index is 0.668. The summed E-state index contributed by atoms with van der Waals surface area (Å²) in [7, 11) is 2.18. The molecule has 2 aromatic carbocycles. The van der Waals surface area contributed by atoms with Gasteiger partial charge in [-0.3, -0.25) is 4.98 Å². The average molecular weight is 446 g/mol. The van der Waals surface area contributed by atoms with E-state index in [4.69, 9.17) is 4.98 Å². The van der Waals surface area contributed by atoms with Crippen LogP contribution >= 0.6 is 0 Å². The van der Waals surface area contributed by atoms with Crippen LogP contribution in [0.15, 0.2) is 67.0 Å². The zero-order chi connectivity index (χ0) is 22.6. The van der Waals surface area contributed by atoms with Crippen LogP contribution in [0.5, 0.6) is 0 Å². The van der Waals surface area contributed by atoms with Crippen molar-refractivity contribution >= 4 is 27.5 Å². The molecule has 0 spiro atoms. The molecular weight excluding hydrogens is 422 g/mol. The van der Waals surface area contributed by atoms with Crippen molar-refractivity contribution in [1.29, 1.82) is 0 Å². The van der Waals surface area contributed by atoms with E-state index < -0.39 is 0 Å². The van der Waals surface area contributed by atoms with Crippen LogP contribution in [0.1, 0.15) is 22.5 Å². The molecule has 0 unspecified atom stereocenters. The third-order valence-electron chi connectivity index (χ3n) is 6.84. The second-order valence-electron chi connectivity index (χ2n) is 9.15. The second-order valence-corrected chi connectivity index (χ2v) is 9.15. The third-order valence-corrected chi connectivity index (χ3v) is 6.84. The van der Waals surface area contributed by atoms with E-state index in [-0.39, 0.29) is 0 Å². The van der Waals surface area contributed by atoms with Gasteiger partial charge in [0.25, 0.3) is 0 Å². The predicted octanol–water partition coefficient (Wildman–Crippen LogP) is 4.40. The van der Waals surface area contributed by atoms with Gasteiger partial charge in [-0.25, -0.2) is 9.50 Å². The highest BCUT2D eigenvalue weighted by atomic mass is 15.4. The van der Waals surface area contributed by atoms with Crippen LogP contribution in [-0.2, 0) is 19.4 Å². The van der Waals surface area contributed by atoms with Gasteiger partial charge in [-0.1, -0.05) is 23.4 Å². The Balaban J connectivity index is 1.28. The van der Waals surface area contributed by atoms with Gasteiger partial charge in [0.2, 0.25) is 0 Å². The molecule has 7 rings (SSSR count). The molecule has 166 valence electrons. The number of rotatable bonds is 3. The quantitative estimate of drug-likeness (QED) is 0.437. The summed E-state index contributed by atoms with van der Waals surface area (Å²) < 4.78 is 1.76. The van der Waals surface area contributed by atoms with Crippen molar-refractivity contribution in [3.05, 3.63) is 89.5 Å². The Kier molecular flexibility index (Phi) is 4.25. The van der Waals surface area contributed by atoms with Crippen molar-refractivity contribution in [3.8, 4) is 11.3 Å². The standard InChI is InChI=1S/C27H23N7/c1-33-11-8-25-21(16-33)20-15-19(5-7-24(20)29-25)23-9-12-34-27(30-23)26(31-32-34)14-17-4-6-22-18(13-17)3-2-10-28-22/h2-7,9-10,12-13,15,29H,8,11,14,16H2,1H3. The molecule has 1 aliphatic heterocycles. The number of hydrogen-bond acceptors (Lipinski definition) is 5. The molecule has 0 bridgehead atoms. The zero-order valence-corrected chi connectivity index (χ0v) is 18.9. The van der Waals surface area contributed by atoms with E-state index in [1.165, 1.54) is 27.7 Å². The first kappa shape index (κ1) is 19.4. The van der Waals surface area contributed by atoms with E-state index in [1.54, 1.807) is 4.52 Å². The fraction of sp³-hybridized carbons (Fsp3) is 0.185. The number of H-pyrrole nitrogens is 1. The Morgan fingerprint density at radius 2 is 2.03 bits per heavy atom. The molecule has 0 amide bonds. The predicted molar refractivity (Wildman–Crippen MR) is 133 cm³/mol. The number of nitrogens with zero attached hydrogens (tertiary/aromatic N) is 6. The number of likely N-dealkylation sites (N-methyl/N-ethyl adjacent to an activating group) is 1. The van der Waals surface area contributed by atoms with Crippen LogP contribution in [0.4, 0.5) is 0 Å². The topological polar surface area (TPSA) is 75.0 Å². The maximum atomic E-state index is 4.99. The number of nitrogens with one attached hydrogen (secondary N) is 1. The first-order valence-electron chi connectivity index (χ1n) is 11.6. The van der Waals surface area contributed by atoms with Gasteiger partial charge in [0, 0.05) is 65.9 Å².